The number of oxime groups is 1. The molecule has 1 rings (SSSR count). The summed E-state index contributed by atoms with van der Waals surface area (Å²) in [5, 5.41) is 13.7. The number of nitrogens with one attached hydrogen (secondary N) is 1. The van der Waals surface area contributed by atoms with Crippen molar-refractivity contribution in [2.75, 3.05) is 11.7 Å². The van der Waals surface area contributed by atoms with Gasteiger partial charge in [0.15, 0.2) is 0 Å². The number of aromatic nitrogens is 2. The van der Waals surface area contributed by atoms with Gasteiger partial charge in [-0.2, -0.15) is 9.36 Å². The van der Waals surface area contributed by atoms with Crippen LogP contribution in [0.5, 0.6) is 0 Å². The Kier molecular flexibility index (Phi) is 4.73. The molecule has 12 heteroatoms. The topological polar surface area (TPSA) is 154 Å². The van der Waals surface area contributed by atoms with Gasteiger partial charge in [0, 0.05) is 11.5 Å². The van der Waals surface area contributed by atoms with Gasteiger partial charge in [-0.25, -0.2) is 9.36 Å². The van der Waals surface area contributed by atoms with E-state index in [1.165, 1.54) is 0 Å². The van der Waals surface area contributed by atoms with Crippen molar-refractivity contribution in [3.63, 3.8) is 0 Å². The van der Waals surface area contributed by atoms with Crippen molar-refractivity contribution in [1.82, 2.24) is 9.36 Å². The molecular formula is C6H9N4O6PS. The Morgan fingerprint density at radius 3 is 2.78 bits per heavy atom. The van der Waals surface area contributed by atoms with E-state index in [0.29, 0.717) is 11.5 Å². The van der Waals surface area contributed by atoms with Crippen LogP contribution in [0.2, 0.25) is 0 Å². The van der Waals surface area contributed by atoms with Crippen molar-refractivity contribution < 1.29 is 29.1 Å². The van der Waals surface area contributed by atoms with Gasteiger partial charge in [0.1, 0.15) is 6.61 Å². The average molecular weight is 296 g/mol. The number of carboxylic acids is 1. The first kappa shape index (κ1) is 14.5. The SMILES string of the molecule is CCO/N=C(\C(=O)O)c1nsc(NP(=O)(O)O)n1. The zero-order chi connectivity index (χ0) is 13.8. The van der Waals surface area contributed by atoms with Crippen LogP contribution in [0.15, 0.2) is 5.16 Å². The number of carboxylic acid groups (broad SMARTS) is 1. The van der Waals surface area contributed by atoms with Gasteiger partial charge in [-0.3, -0.25) is 5.09 Å². The molecule has 10 nitrogen and oxygen atoms in total. The molecular weight excluding hydrogens is 287 g/mol. The molecule has 0 saturated heterocycles. The molecule has 0 radical (unpaired) electrons. The van der Waals surface area contributed by atoms with E-state index in [1.807, 2.05) is 0 Å². The molecule has 18 heavy (non-hydrogen) atoms. The molecule has 1 heterocycles. The standard InChI is InChI=1S/C6H9N4O6PS/c1-2-16-8-3(5(11)12)4-7-6(18-10-4)9-17(13,14)15/h2H2,1H3,(H,11,12)(H3,7,9,10,13,14,15)/b8-3-. The largest absolute Gasteiger partial charge is 0.476 e. The molecule has 0 bridgehead atoms. The summed E-state index contributed by atoms with van der Waals surface area (Å²) in [4.78, 5) is 36.3. The number of carbonyl (C=O) groups is 1. The average Bonchev–Trinajstić information content (AvgIpc) is 2.63. The maximum atomic E-state index is 10.8. The lowest BCUT2D eigenvalue weighted by Crippen LogP contribution is -2.16. The van der Waals surface area contributed by atoms with Gasteiger partial charge in [0.05, 0.1) is 0 Å². The van der Waals surface area contributed by atoms with Crippen LogP contribution in [-0.4, -0.2) is 42.5 Å². The lowest BCUT2D eigenvalue weighted by atomic mass is 10.4. The van der Waals surface area contributed by atoms with E-state index >= 15 is 0 Å². The fourth-order valence-electron chi connectivity index (χ4n) is 0.794. The molecule has 4 N–H and O–H groups in total. The van der Waals surface area contributed by atoms with E-state index in [9.17, 15) is 9.36 Å². The van der Waals surface area contributed by atoms with E-state index in [1.54, 1.807) is 12.0 Å². The van der Waals surface area contributed by atoms with Gasteiger partial charge in [0.25, 0.3) is 0 Å². The molecule has 0 unspecified atom stereocenters. The van der Waals surface area contributed by atoms with Crippen LogP contribution < -0.4 is 5.09 Å². The lowest BCUT2D eigenvalue weighted by molar-refractivity contribution is -0.129. The normalized spacial score (nSPS) is 12.3. The van der Waals surface area contributed by atoms with Crippen LogP contribution in [0, 0.1) is 0 Å². The summed E-state index contributed by atoms with van der Waals surface area (Å²) >= 11 is 0.591. The summed E-state index contributed by atoms with van der Waals surface area (Å²) in [5.74, 6) is -1.71. The molecule has 0 fully saturated rings. The second-order valence-corrected chi connectivity index (χ2v) is 4.81. The minimum Gasteiger partial charge on any atom is -0.476 e. The highest BCUT2D eigenvalue weighted by atomic mass is 32.1. The molecule has 0 spiro atoms. The Bertz CT molecular complexity index is 510. The molecule has 0 aromatic carbocycles. The van der Waals surface area contributed by atoms with Gasteiger partial charge >= 0.3 is 13.7 Å². The minimum absolute atomic E-state index is 0.161. The van der Waals surface area contributed by atoms with Crippen LogP contribution >= 0.6 is 19.3 Å². The zero-order valence-corrected chi connectivity index (χ0v) is 10.7. The predicted octanol–water partition coefficient (Wildman–Crippen LogP) is -0.132. The third kappa shape index (κ3) is 4.37. The summed E-state index contributed by atoms with van der Waals surface area (Å²) < 4.78 is 14.2. The second-order valence-electron chi connectivity index (χ2n) is 2.74. The molecule has 0 aliphatic carbocycles. The maximum absolute atomic E-state index is 10.8. The Morgan fingerprint density at radius 1 is 1.61 bits per heavy atom. The Balaban J connectivity index is 2.95. The van der Waals surface area contributed by atoms with Crippen molar-refractivity contribution in [2.24, 2.45) is 5.16 Å². The van der Waals surface area contributed by atoms with Crippen molar-refractivity contribution in [2.45, 2.75) is 6.92 Å². The Hall–Kier alpha value is -1.55. The first-order valence-electron chi connectivity index (χ1n) is 4.44. The van der Waals surface area contributed by atoms with Crippen LogP contribution in [0.3, 0.4) is 0 Å². The lowest BCUT2D eigenvalue weighted by Gasteiger charge is -2.01. The fraction of sp³-hybridized carbons (Fsp3) is 0.333. The fourth-order valence-corrected chi connectivity index (χ4v) is 2.04. The van der Waals surface area contributed by atoms with Gasteiger partial charge in [0.2, 0.25) is 16.7 Å². The highest BCUT2D eigenvalue weighted by Gasteiger charge is 2.22. The van der Waals surface area contributed by atoms with Gasteiger partial charge in [-0.15, -0.1) is 0 Å². The first-order chi connectivity index (χ1) is 8.33. The van der Waals surface area contributed by atoms with Gasteiger partial charge < -0.3 is 19.7 Å². The van der Waals surface area contributed by atoms with Crippen molar-refractivity contribution >= 4 is 36.1 Å². The highest BCUT2D eigenvalue weighted by Crippen LogP contribution is 2.35. The number of nitrogens with zero attached hydrogens (tertiary/aromatic N) is 3. The smallest absolute Gasteiger partial charge is 0.429 e. The van der Waals surface area contributed by atoms with Crippen LogP contribution in [-0.2, 0) is 14.2 Å². The number of aliphatic carboxylic acids is 1. The monoisotopic (exact) mass is 296 g/mol. The molecule has 100 valence electrons. The van der Waals surface area contributed by atoms with Gasteiger partial charge in [-0.05, 0) is 6.92 Å². The molecule has 0 aliphatic heterocycles. The minimum atomic E-state index is -4.51. The summed E-state index contributed by atoms with van der Waals surface area (Å²) in [7, 11) is -4.51. The van der Waals surface area contributed by atoms with E-state index < -0.39 is 19.4 Å². The van der Waals surface area contributed by atoms with Crippen molar-refractivity contribution in [3.8, 4) is 0 Å². The third-order valence-electron chi connectivity index (χ3n) is 1.37. The molecule has 0 saturated carbocycles. The Morgan fingerprint density at radius 2 is 2.28 bits per heavy atom. The van der Waals surface area contributed by atoms with Gasteiger partial charge in [-0.1, -0.05) is 5.16 Å². The maximum Gasteiger partial charge on any atom is 0.429 e. The summed E-state index contributed by atoms with van der Waals surface area (Å²) in [6.45, 7) is 1.77. The number of hydrogen-bond acceptors (Lipinski definition) is 7. The van der Waals surface area contributed by atoms with Crippen LogP contribution in [0.1, 0.15) is 12.7 Å². The highest BCUT2D eigenvalue weighted by molar-refractivity contribution is 7.54. The number of rotatable bonds is 6. The van der Waals surface area contributed by atoms with Crippen LogP contribution in [0.4, 0.5) is 5.13 Å². The molecule has 0 aliphatic rings. The van der Waals surface area contributed by atoms with E-state index in [0.717, 1.165) is 0 Å². The molecule has 0 atom stereocenters. The molecule has 1 aromatic heterocycles. The third-order valence-corrected chi connectivity index (χ3v) is 2.65. The number of anilines is 1. The van der Waals surface area contributed by atoms with Crippen molar-refractivity contribution in [1.29, 1.82) is 0 Å². The second kappa shape index (κ2) is 5.87. The number of hydrogen-bond donors (Lipinski definition) is 4. The van der Waals surface area contributed by atoms with E-state index in [-0.39, 0.29) is 17.6 Å². The van der Waals surface area contributed by atoms with E-state index in [2.05, 4.69) is 19.4 Å². The summed E-state index contributed by atoms with van der Waals surface area (Å²) in [6, 6.07) is 0. The molecule has 0 amide bonds. The summed E-state index contributed by atoms with van der Waals surface area (Å²) in [6.07, 6.45) is 0. The Labute approximate surface area is 105 Å². The van der Waals surface area contributed by atoms with Crippen molar-refractivity contribution in [3.05, 3.63) is 5.82 Å². The quantitative estimate of drug-likeness (QED) is 0.319. The zero-order valence-electron chi connectivity index (χ0n) is 8.97. The van der Waals surface area contributed by atoms with E-state index in [4.69, 9.17) is 14.9 Å². The predicted molar refractivity (Wildman–Crippen MR) is 61.4 cm³/mol. The first-order valence-corrected chi connectivity index (χ1v) is 6.83. The molecule has 1 aromatic rings. The summed E-state index contributed by atoms with van der Waals surface area (Å²) in [5.41, 5.74) is -0.549. The van der Waals surface area contributed by atoms with Crippen LogP contribution in [0.25, 0.3) is 0 Å².